The molecule has 2 nitrogen and oxygen atoms in total. The SMILES string of the molecule is CCC1(C(=O)O)C=CCC1. The van der Waals surface area contributed by atoms with Crippen molar-refractivity contribution in [1.29, 1.82) is 0 Å². The predicted octanol–water partition coefficient (Wildman–Crippen LogP) is 1.82. The molecule has 2 heteroatoms. The largest absolute Gasteiger partial charge is 0.481 e. The first-order valence-corrected chi connectivity index (χ1v) is 3.62. The minimum absolute atomic E-state index is 0.528. The van der Waals surface area contributed by atoms with Crippen molar-refractivity contribution in [2.75, 3.05) is 0 Å². The highest BCUT2D eigenvalue weighted by Gasteiger charge is 2.35. The Hall–Kier alpha value is -0.790. The molecule has 0 aliphatic heterocycles. The second kappa shape index (κ2) is 2.45. The fourth-order valence-corrected chi connectivity index (χ4v) is 1.36. The fraction of sp³-hybridized carbons (Fsp3) is 0.625. The van der Waals surface area contributed by atoms with Crippen molar-refractivity contribution >= 4 is 5.97 Å². The molecule has 0 aromatic heterocycles. The number of carbonyl (C=O) groups is 1. The summed E-state index contributed by atoms with van der Waals surface area (Å²) in [6, 6.07) is 0. The van der Waals surface area contributed by atoms with E-state index in [1.54, 1.807) is 0 Å². The molecule has 0 amide bonds. The molecule has 0 radical (unpaired) electrons. The molecule has 0 saturated carbocycles. The number of aliphatic carboxylic acids is 1. The molecule has 1 aliphatic carbocycles. The second-order valence-electron chi connectivity index (χ2n) is 2.76. The lowest BCUT2D eigenvalue weighted by atomic mass is 9.85. The van der Waals surface area contributed by atoms with Crippen molar-refractivity contribution < 1.29 is 9.90 Å². The van der Waals surface area contributed by atoms with Crippen molar-refractivity contribution in [1.82, 2.24) is 0 Å². The highest BCUT2D eigenvalue weighted by Crippen LogP contribution is 2.35. The van der Waals surface area contributed by atoms with Crippen LogP contribution in [-0.4, -0.2) is 11.1 Å². The van der Waals surface area contributed by atoms with Crippen LogP contribution in [0.2, 0.25) is 0 Å². The summed E-state index contributed by atoms with van der Waals surface area (Å²) in [6.45, 7) is 1.92. The van der Waals surface area contributed by atoms with Crippen molar-refractivity contribution in [2.45, 2.75) is 26.2 Å². The molecule has 1 N–H and O–H groups in total. The van der Waals surface area contributed by atoms with Gasteiger partial charge >= 0.3 is 5.97 Å². The quantitative estimate of drug-likeness (QED) is 0.594. The predicted molar refractivity (Wildman–Crippen MR) is 38.7 cm³/mol. The van der Waals surface area contributed by atoms with Crippen LogP contribution in [0.3, 0.4) is 0 Å². The summed E-state index contributed by atoms with van der Waals surface area (Å²) < 4.78 is 0. The van der Waals surface area contributed by atoms with E-state index in [1.807, 2.05) is 19.1 Å². The van der Waals surface area contributed by atoms with Crippen LogP contribution in [0.4, 0.5) is 0 Å². The molecule has 0 fully saturated rings. The van der Waals surface area contributed by atoms with E-state index in [-0.39, 0.29) is 0 Å². The summed E-state index contributed by atoms with van der Waals surface area (Å²) in [5.41, 5.74) is -0.528. The zero-order chi connectivity index (χ0) is 7.61. The zero-order valence-electron chi connectivity index (χ0n) is 6.13. The molecule has 1 rings (SSSR count). The Kier molecular flexibility index (Phi) is 1.79. The Balaban J connectivity index is 2.78. The summed E-state index contributed by atoms with van der Waals surface area (Å²) in [6.07, 6.45) is 6.19. The van der Waals surface area contributed by atoms with Gasteiger partial charge in [-0.3, -0.25) is 4.79 Å². The molecule has 0 aromatic rings. The number of hydrogen-bond acceptors (Lipinski definition) is 1. The lowest BCUT2D eigenvalue weighted by Crippen LogP contribution is -2.25. The van der Waals surface area contributed by atoms with Crippen LogP contribution in [0.15, 0.2) is 12.2 Å². The Bertz CT molecular complexity index is 172. The molecule has 0 aromatic carbocycles. The van der Waals surface area contributed by atoms with Gasteiger partial charge in [0.05, 0.1) is 5.41 Å². The zero-order valence-corrected chi connectivity index (χ0v) is 6.13. The van der Waals surface area contributed by atoms with Gasteiger partial charge in [0.25, 0.3) is 0 Å². The van der Waals surface area contributed by atoms with Gasteiger partial charge in [-0.2, -0.15) is 0 Å². The first-order chi connectivity index (χ1) is 4.71. The molecule has 56 valence electrons. The van der Waals surface area contributed by atoms with Crippen molar-refractivity contribution in [2.24, 2.45) is 5.41 Å². The monoisotopic (exact) mass is 140 g/mol. The second-order valence-corrected chi connectivity index (χ2v) is 2.76. The smallest absolute Gasteiger partial charge is 0.313 e. The van der Waals surface area contributed by atoms with Gasteiger partial charge in [0.2, 0.25) is 0 Å². The molecule has 0 heterocycles. The van der Waals surface area contributed by atoms with Crippen LogP contribution in [0.1, 0.15) is 26.2 Å². The number of allylic oxidation sites excluding steroid dienone is 1. The maximum atomic E-state index is 10.7. The number of carboxylic acids is 1. The molecular weight excluding hydrogens is 128 g/mol. The minimum atomic E-state index is -0.677. The van der Waals surface area contributed by atoms with Gasteiger partial charge in [-0.05, 0) is 19.3 Å². The molecule has 1 aliphatic rings. The van der Waals surface area contributed by atoms with Crippen LogP contribution in [0.5, 0.6) is 0 Å². The van der Waals surface area contributed by atoms with Gasteiger partial charge < -0.3 is 5.11 Å². The summed E-state index contributed by atoms with van der Waals surface area (Å²) in [5.74, 6) is -0.677. The van der Waals surface area contributed by atoms with Crippen LogP contribution in [0.25, 0.3) is 0 Å². The molecule has 1 atom stereocenters. The highest BCUT2D eigenvalue weighted by molar-refractivity contribution is 5.77. The molecule has 0 spiro atoms. The van der Waals surface area contributed by atoms with Crippen LogP contribution in [0, 0.1) is 5.41 Å². The molecular formula is C8H12O2. The minimum Gasteiger partial charge on any atom is -0.481 e. The Morgan fingerprint density at radius 1 is 1.80 bits per heavy atom. The number of carboxylic acid groups (broad SMARTS) is 1. The Labute approximate surface area is 60.6 Å². The van der Waals surface area contributed by atoms with Gasteiger partial charge in [0.15, 0.2) is 0 Å². The van der Waals surface area contributed by atoms with Crippen LogP contribution in [-0.2, 0) is 4.79 Å². The molecule has 0 bridgehead atoms. The van der Waals surface area contributed by atoms with Gasteiger partial charge in [-0.15, -0.1) is 0 Å². The van der Waals surface area contributed by atoms with Crippen LogP contribution < -0.4 is 0 Å². The first-order valence-electron chi connectivity index (χ1n) is 3.62. The Morgan fingerprint density at radius 2 is 2.50 bits per heavy atom. The lowest BCUT2D eigenvalue weighted by Gasteiger charge is -2.18. The van der Waals surface area contributed by atoms with Gasteiger partial charge in [0, 0.05) is 0 Å². The lowest BCUT2D eigenvalue weighted by molar-refractivity contribution is -0.146. The number of hydrogen-bond donors (Lipinski definition) is 1. The van der Waals surface area contributed by atoms with Gasteiger partial charge in [-0.1, -0.05) is 19.1 Å². The van der Waals surface area contributed by atoms with E-state index < -0.39 is 11.4 Å². The first kappa shape index (κ1) is 7.32. The maximum Gasteiger partial charge on any atom is 0.313 e. The van der Waals surface area contributed by atoms with E-state index in [9.17, 15) is 4.79 Å². The third kappa shape index (κ3) is 0.939. The third-order valence-electron chi connectivity index (χ3n) is 2.25. The van der Waals surface area contributed by atoms with Crippen molar-refractivity contribution in [3.8, 4) is 0 Å². The standard InChI is InChI=1S/C8H12O2/c1-2-8(7(9)10)5-3-4-6-8/h3,5H,2,4,6H2,1H3,(H,9,10). The topological polar surface area (TPSA) is 37.3 Å². The van der Waals surface area contributed by atoms with Gasteiger partial charge in [-0.25, -0.2) is 0 Å². The third-order valence-corrected chi connectivity index (χ3v) is 2.25. The molecule has 0 saturated heterocycles. The summed E-state index contributed by atoms with van der Waals surface area (Å²) in [5, 5.41) is 8.81. The maximum absolute atomic E-state index is 10.7. The van der Waals surface area contributed by atoms with E-state index in [1.165, 1.54) is 0 Å². The van der Waals surface area contributed by atoms with Crippen LogP contribution >= 0.6 is 0 Å². The van der Waals surface area contributed by atoms with E-state index in [2.05, 4.69) is 0 Å². The summed E-state index contributed by atoms with van der Waals surface area (Å²) in [4.78, 5) is 10.7. The summed E-state index contributed by atoms with van der Waals surface area (Å²) >= 11 is 0. The molecule has 1 unspecified atom stereocenters. The average molecular weight is 140 g/mol. The van der Waals surface area contributed by atoms with E-state index in [4.69, 9.17) is 5.11 Å². The van der Waals surface area contributed by atoms with Gasteiger partial charge in [0.1, 0.15) is 0 Å². The van der Waals surface area contributed by atoms with Crippen molar-refractivity contribution in [3.05, 3.63) is 12.2 Å². The normalized spacial score (nSPS) is 30.9. The van der Waals surface area contributed by atoms with E-state index >= 15 is 0 Å². The Morgan fingerprint density at radius 3 is 2.70 bits per heavy atom. The van der Waals surface area contributed by atoms with E-state index in [0.717, 1.165) is 12.8 Å². The fourth-order valence-electron chi connectivity index (χ4n) is 1.36. The highest BCUT2D eigenvalue weighted by atomic mass is 16.4. The summed E-state index contributed by atoms with van der Waals surface area (Å²) in [7, 11) is 0. The van der Waals surface area contributed by atoms with E-state index in [0.29, 0.717) is 6.42 Å². The number of rotatable bonds is 2. The average Bonchev–Trinajstić information content (AvgIpc) is 2.35. The van der Waals surface area contributed by atoms with Crippen molar-refractivity contribution in [3.63, 3.8) is 0 Å². The molecule has 10 heavy (non-hydrogen) atoms.